The highest BCUT2D eigenvalue weighted by Gasteiger charge is 2.36. The number of carbonyl (C=O) groups excluding carboxylic acids is 2. The van der Waals surface area contributed by atoms with Crippen molar-refractivity contribution in [2.75, 3.05) is 26.6 Å². The number of alkyl halides is 3. The number of ketones is 1. The van der Waals surface area contributed by atoms with Crippen LogP contribution in [0.4, 0.5) is 18.9 Å². The van der Waals surface area contributed by atoms with Gasteiger partial charge in [0.15, 0.2) is 34.3 Å². The van der Waals surface area contributed by atoms with E-state index in [1.165, 1.54) is 63.0 Å². The molecule has 0 spiro atoms. The zero-order valence-electron chi connectivity index (χ0n) is 22.1. The number of benzene rings is 2. The molecule has 0 fully saturated rings. The van der Waals surface area contributed by atoms with Crippen LogP contribution in [0.1, 0.15) is 32.1 Å². The van der Waals surface area contributed by atoms with Crippen LogP contribution in [0.2, 0.25) is 5.02 Å². The van der Waals surface area contributed by atoms with Gasteiger partial charge in [-0.05, 0) is 47.8 Å². The van der Waals surface area contributed by atoms with Crippen LogP contribution in [0.25, 0.3) is 16.2 Å². The quantitative estimate of drug-likeness (QED) is 0.195. The Labute approximate surface area is 245 Å². The topological polar surface area (TPSA) is 104 Å². The van der Waals surface area contributed by atoms with Gasteiger partial charge in [-0.25, -0.2) is 9.50 Å². The van der Waals surface area contributed by atoms with Crippen molar-refractivity contribution in [2.45, 2.75) is 6.18 Å². The third-order valence-corrected chi connectivity index (χ3v) is 7.25. The fourth-order valence-corrected chi connectivity index (χ4v) is 5.06. The number of amides is 1. The molecule has 5 aromatic rings. The van der Waals surface area contributed by atoms with Gasteiger partial charge in [0.05, 0.1) is 37.6 Å². The van der Waals surface area contributed by atoms with E-state index in [2.05, 4.69) is 15.4 Å². The molecule has 0 aliphatic heterocycles. The van der Waals surface area contributed by atoms with Gasteiger partial charge in [-0.1, -0.05) is 17.7 Å². The van der Waals surface area contributed by atoms with Crippen LogP contribution < -0.4 is 19.5 Å². The molecular formula is C28H20ClF3N4O5S. The Morgan fingerprint density at radius 2 is 1.69 bits per heavy atom. The number of ether oxygens (including phenoxy) is 3. The smallest absolute Gasteiger partial charge is 0.433 e. The molecular weight excluding hydrogens is 597 g/mol. The number of nitrogens with one attached hydrogen (secondary N) is 1. The fraction of sp³-hybridized carbons (Fsp3) is 0.143. The molecule has 3 aromatic heterocycles. The van der Waals surface area contributed by atoms with Gasteiger partial charge >= 0.3 is 6.18 Å². The highest BCUT2D eigenvalue weighted by molar-refractivity contribution is 7.13. The van der Waals surface area contributed by atoms with E-state index < -0.39 is 23.6 Å². The Hall–Kier alpha value is -4.62. The number of fused-ring (bicyclic) bond motifs is 1. The molecule has 42 heavy (non-hydrogen) atoms. The van der Waals surface area contributed by atoms with Crippen molar-refractivity contribution < 1.29 is 37.0 Å². The van der Waals surface area contributed by atoms with Gasteiger partial charge in [-0.15, -0.1) is 11.3 Å². The Bertz CT molecular complexity index is 1800. The number of nitrogens with zero attached hydrogens (tertiary/aromatic N) is 3. The molecule has 1 amide bonds. The zero-order valence-corrected chi connectivity index (χ0v) is 23.6. The van der Waals surface area contributed by atoms with E-state index in [4.69, 9.17) is 25.8 Å². The SMILES string of the molecule is COc1cc(C(=O)c2cc(Cl)ccc2NC(=O)c2cc3nc(-c4cccs4)cc(C(F)(F)F)n3n2)cc(OC)c1OC. The molecule has 5 rings (SSSR count). The average Bonchev–Trinajstić information content (AvgIpc) is 3.66. The number of hydrogen-bond acceptors (Lipinski definition) is 8. The molecule has 0 unspecified atom stereocenters. The molecule has 216 valence electrons. The summed E-state index contributed by atoms with van der Waals surface area (Å²) in [4.78, 5) is 31.6. The highest BCUT2D eigenvalue weighted by Crippen LogP contribution is 2.39. The molecule has 0 bridgehead atoms. The first-order valence-electron chi connectivity index (χ1n) is 12.0. The second-order valence-electron chi connectivity index (χ2n) is 8.69. The van der Waals surface area contributed by atoms with Crippen LogP contribution in [0, 0.1) is 0 Å². The Kier molecular flexibility index (Phi) is 7.80. The molecule has 0 aliphatic rings. The van der Waals surface area contributed by atoms with Gasteiger partial charge in [0, 0.05) is 22.2 Å². The number of thiophene rings is 1. The minimum Gasteiger partial charge on any atom is -0.493 e. The minimum absolute atomic E-state index is 0.00275. The van der Waals surface area contributed by atoms with Crippen LogP contribution in [-0.2, 0) is 6.18 Å². The summed E-state index contributed by atoms with van der Waals surface area (Å²) < 4.78 is 58.3. The second-order valence-corrected chi connectivity index (χ2v) is 10.1. The molecule has 9 nitrogen and oxygen atoms in total. The first kappa shape index (κ1) is 28.9. The monoisotopic (exact) mass is 616 g/mol. The fourth-order valence-electron chi connectivity index (χ4n) is 4.21. The molecule has 0 radical (unpaired) electrons. The average molecular weight is 617 g/mol. The maximum Gasteiger partial charge on any atom is 0.433 e. The lowest BCUT2D eigenvalue weighted by Crippen LogP contribution is -2.17. The summed E-state index contributed by atoms with van der Waals surface area (Å²) >= 11 is 7.40. The predicted molar refractivity (Wildman–Crippen MR) is 150 cm³/mol. The van der Waals surface area contributed by atoms with E-state index >= 15 is 0 Å². The summed E-state index contributed by atoms with van der Waals surface area (Å²) in [7, 11) is 4.21. The summed E-state index contributed by atoms with van der Waals surface area (Å²) in [6, 6.07) is 12.4. The van der Waals surface area contributed by atoms with Gasteiger partial charge in [-0.2, -0.15) is 18.3 Å². The third kappa shape index (κ3) is 5.48. The number of hydrogen-bond donors (Lipinski definition) is 1. The summed E-state index contributed by atoms with van der Waals surface area (Å²) in [5, 5.41) is 8.36. The molecule has 14 heteroatoms. The lowest BCUT2D eigenvalue weighted by molar-refractivity contribution is -0.142. The minimum atomic E-state index is -4.77. The van der Waals surface area contributed by atoms with E-state index in [1.54, 1.807) is 17.5 Å². The van der Waals surface area contributed by atoms with Gasteiger partial charge in [0.1, 0.15) is 0 Å². The van der Waals surface area contributed by atoms with Gasteiger partial charge < -0.3 is 19.5 Å². The van der Waals surface area contributed by atoms with Crippen LogP contribution >= 0.6 is 22.9 Å². The van der Waals surface area contributed by atoms with Crippen LogP contribution in [0.3, 0.4) is 0 Å². The molecule has 0 aliphatic carbocycles. The lowest BCUT2D eigenvalue weighted by atomic mass is 10.0. The van der Waals surface area contributed by atoms with Crippen LogP contribution in [0.5, 0.6) is 17.2 Å². The maximum absolute atomic E-state index is 13.9. The number of halogens is 4. The van der Waals surface area contributed by atoms with E-state index in [-0.39, 0.29) is 56.1 Å². The molecule has 3 heterocycles. The standard InChI is InChI=1S/C28H20ClF3N4O5S/c1-39-20-9-14(10-21(40-2)26(20)41-3)25(37)16-11-15(29)6-7-17(16)34-27(38)19-13-24-33-18(22-5-4-8-42-22)12-23(28(30,31)32)36(24)35-19/h4-13H,1-3H3,(H,34,38). The molecule has 0 saturated carbocycles. The Morgan fingerprint density at radius 1 is 0.976 bits per heavy atom. The van der Waals surface area contributed by atoms with Gasteiger partial charge in [0.2, 0.25) is 5.75 Å². The molecule has 1 N–H and O–H groups in total. The summed E-state index contributed by atoms with van der Waals surface area (Å²) in [5.41, 5.74) is -1.35. The Balaban J connectivity index is 1.53. The van der Waals surface area contributed by atoms with Crippen molar-refractivity contribution in [1.82, 2.24) is 14.6 Å². The molecule has 0 saturated heterocycles. The van der Waals surface area contributed by atoms with Gasteiger partial charge in [-0.3, -0.25) is 9.59 Å². The number of carbonyl (C=O) groups is 2. The zero-order chi connectivity index (χ0) is 30.2. The summed E-state index contributed by atoms with van der Waals surface area (Å²) in [6.07, 6.45) is -4.77. The van der Waals surface area contributed by atoms with Crippen molar-refractivity contribution in [3.63, 3.8) is 0 Å². The van der Waals surface area contributed by atoms with Crippen molar-refractivity contribution in [3.8, 4) is 27.8 Å². The normalized spacial score (nSPS) is 11.4. The third-order valence-electron chi connectivity index (χ3n) is 6.13. The van der Waals surface area contributed by atoms with Crippen molar-refractivity contribution >= 4 is 46.0 Å². The van der Waals surface area contributed by atoms with Crippen LogP contribution in [0.15, 0.2) is 60.0 Å². The predicted octanol–water partition coefficient (Wildman–Crippen LogP) is 6.64. The first-order valence-corrected chi connectivity index (χ1v) is 13.3. The maximum atomic E-state index is 13.9. The molecule has 0 atom stereocenters. The van der Waals surface area contributed by atoms with Crippen molar-refractivity contribution in [3.05, 3.63) is 87.5 Å². The van der Waals surface area contributed by atoms with Crippen molar-refractivity contribution in [2.24, 2.45) is 0 Å². The van der Waals surface area contributed by atoms with Crippen molar-refractivity contribution in [1.29, 1.82) is 0 Å². The van der Waals surface area contributed by atoms with E-state index in [9.17, 15) is 22.8 Å². The number of methoxy groups -OCH3 is 3. The Morgan fingerprint density at radius 3 is 2.29 bits per heavy atom. The number of anilines is 1. The largest absolute Gasteiger partial charge is 0.493 e. The second kappa shape index (κ2) is 11.3. The molecule has 2 aromatic carbocycles. The van der Waals surface area contributed by atoms with E-state index in [0.29, 0.717) is 9.39 Å². The highest BCUT2D eigenvalue weighted by atomic mass is 35.5. The number of aromatic nitrogens is 3. The summed E-state index contributed by atoms with van der Waals surface area (Å²) in [5.74, 6) is -0.687. The van der Waals surface area contributed by atoms with Crippen LogP contribution in [-0.4, -0.2) is 47.6 Å². The first-order chi connectivity index (χ1) is 20.0. The van der Waals surface area contributed by atoms with E-state index in [0.717, 1.165) is 12.1 Å². The van der Waals surface area contributed by atoms with Gasteiger partial charge in [0.25, 0.3) is 5.91 Å². The number of rotatable bonds is 8. The van der Waals surface area contributed by atoms with E-state index in [1.807, 2.05) is 0 Å². The lowest BCUT2D eigenvalue weighted by Gasteiger charge is -2.15. The summed E-state index contributed by atoms with van der Waals surface area (Å²) in [6.45, 7) is 0.